The van der Waals surface area contributed by atoms with Crippen molar-refractivity contribution >= 4 is 16.9 Å². The van der Waals surface area contributed by atoms with Gasteiger partial charge in [-0.15, -0.1) is 0 Å². The van der Waals surface area contributed by atoms with Crippen LogP contribution in [-0.4, -0.2) is 5.91 Å². The highest BCUT2D eigenvalue weighted by Crippen LogP contribution is 2.31. The van der Waals surface area contributed by atoms with E-state index in [9.17, 15) is 4.79 Å². The van der Waals surface area contributed by atoms with Crippen LogP contribution in [-0.2, 0) is 24.1 Å². The average Bonchev–Trinajstić information content (AvgIpc) is 3.38. The Morgan fingerprint density at radius 1 is 0.897 bits per heavy atom. The number of hydrogen-bond donors (Lipinski definition) is 1. The molecule has 1 aliphatic carbocycles. The van der Waals surface area contributed by atoms with Gasteiger partial charge in [-0.3, -0.25) is 4.79 Å². The van der Waals surface area contributed by atoms with Crippen LogP contribution in [0.5, 0.6) is 0 Å². The first kappa shape index (κ1) is 17.7. The van der Waals surface area contributed by atoms with Gasteiger partial charge in [-0.25, -0.2) is 0 Å². The summed E-state index contributed by atoms with van der Waals surface area (Å²) in [4.78, 5) is 13.0. The summed E-state index contributed by atoms with van der Waals surface area (Å²) in [7, 11) is 0. The minimum atomic E-state index is -0.174. The van der Waals surface area contributed by atoms with Crippen LogP contribution in [0.3, 0.4) is 0 Å². The van der Waals surface area contributed by atoms with E-state index in [1.165, 1.54) is 17.5 Å². The van der Waals surface area contributed by atoms with E-state index in [1.54, 1.807) is 6.26 Å². The van der Waals surface area contributed by atoms with Gasteiger partial charge in [-0.2, -0.15) is 0 Å². The molecule has 3 aromatic carbocycles. The summed E-state index contributed by atoms with van der Waals surface area (Å²) < 4.78 is 5.77. The molecule has 0 radical (unpaired) electrons. The monoisotopic (exact) mass is 381 g/mol. The minimum Gasteiger partial charge on any atom is -0.464 e. The summed E-state index contributed by atoms with van der Waals surface area (Å²) in [5.41, 5.74) is 6.76. The normalized spacial score (nSPS) is 13.0. The predicted octanol–water partition coefficient (Wildman–Crippen LogP) is 5.37. The fraction of sp³-hybridized carbons (Fsp3) is 0.192. The third-order valence-electron chi connectivity index (χ3n) is 5.79. The molecule has 5 rings (SSSR count). The van der Waals surface area contributed by atoms with Gasteiger partial charge in [-0.1, -0.05) is 60.7 Å². The van der Waals surface area contributed by atoms with E-state index in [4.69, 9.17) is 4.42 Å². The van der Waals surface area contributed by atoms with E-state index in [2.05, 4.69) is 41.7 Å². The predicted molar refractivity (Wildman–Crippen MR) is 115 cm³/mol. The molecule has 0 unspecified atom stereocenters. The summed E-state index contributed by atoms with van der Waals surface area (Å²) in [6.45, 7) is 0. The highest BCUT2D eigenvalue weighted by atomic mass is 16.3. The van der Waals surface area contributed by atoms with Gasteiger partial charge in [0.25, 0.3) is 0 Å². The Morgan fingerprint density at radius 3 is 2.17 bits per heavy atom. The lowest BCUT2D eigenvalue weighted by Crippen LogP contribution is -2.30. The second kappa shape index (κ2) is 7.59. The van der Waals surface area contributed by atoms with Crippen molar-refractivity contribution in [1.29, 1.82) is 0 Å². The Labute approximate surface area is 170 Å². The molecule has 0 fully saturated rings. The highest BCUT2D eigenvalue weighted by Gasteiger charge is 2.20. The molecule has 0 spiro atoms. The number of carbonyl (C=O) groups excluding carboxylic acids is 1. The molecule has 4 aromatic rings. The molecule has 3 heteroatoms. The van der Waals surface area contributed by atoms with Crippen molar-refractivity contribution in [2.45, 2.75) is 31.7 Å². The molecule has 0 atom stereocenters. The zero-order valence-corrected chi connectivity index (χ0v) is 16.2. The third-order valence-corrected chi connectivity index (χ3v) is 5.79. The summed E-state index contributed by atoms with van der Waals surface area (Å²) in [5.74, 6) is -0.00842. The van der Waals surface area contributed by atoms with E-state index in [1.807, 2.05) is 36.4 Å². The maximum absolute atomic E-state index is 13.0. The first-order valence-electron chi connectivity index (χ1n) is 10.2. The number of hydrogen-bond acceptors (Lipinski definition) is 2. The molecule has 0 aliphatic heterocycles. The van der Waals surface area contributed by atoms with Crippen LogP contribution in [0.4, 0.5) is 0 Å². The van der Waals surface area contributed by atoms with Crippen molar-refractivity contribution in [2.24, 2.45) is 0 Å². The summed E-state index contributed by atoms with van der Waals surface area (Å²) in [6.07, 6.45) is 5.48. The first-order valence-corrected chi connectivity index (χ1v) is 10.2. The van der Waals surface area contributed by atoms with E-state index < -0.39 is 0 Å². The van der Waals surface area contributed by atoms with Crippen molar-refractivity contribution in [3.63, 3.8) is 0 Å². The second-order valence-corrected chi connectivity index (χ2v) is 7.73. The number of fused-ring (bicyclic) bond motifs is 2. The van der Waals surface area contributed by atoms with Crippen LogP contribution in [0.2, 0.25) is 0 Å². The summed E-state index contributed by atoms with van der Waals surface area (Å²) >= 11 is 0. The molecule has 1 aliphatic rings. The number of carbonyl (C=O) groups is 1. The second-order valence-electron chi connectivity index (χ2n) is 7.73. The highest BCUT2D eigenvalue weighted by molar-refractivity contribution is 5.89. The Bertz CT molecular complexity index is 1110. The zero-order valence-electron chi connectivity index (χ0n) is 16.2. The molecule has 1 heterocycles. The number of amides is 1. The van der Waals surface area contributed by atoms with Crippen molar-refractivity contribution in [3.05, 3.63) is 107 Å². The average molecular weight is 381 g/mol. The smallest absolute Gasteiger partial charge is 0.225 e. The van der Waals surface area contributed by atoms with E-state index in [0.717, 1.165) is 40.5 Å². The zero-order chi connectivity index (χ0) is 19.6. The molecule has 29 heavy (non-hydrogen) atoms. The molecule has 1 aromatic heterocycles. The maximum Gasteiger partial charge on any atom is 0.225 e. The molecule has 144 valence electrons. The quantitative estimate of drug-likeness (QED) is 0.505. The molecule has 3 nitrogen and oxygen atoms in total. The Kier molecular flexibility index (Phi) is 4.65. The lowest BCUT2D eigenvalue weighted by Gasteiger charge is -2.20. The number of rotatable bonds is 5. The molecular weight excluding hydrogens is 358 g/mol. The van der Waals surface area contributed by atoms with Gasteiger partial charge in [0.15, 0.2) is 0 Å². The summed E-state index contributed by atoms with van der Waals surface area (Å²) in [5, 5.41) is 4.29. The summed E-state index contributed by atoms with van der Waals surface area (Å²) in [6, 6.07) is 24.4. The lowest BCUT2D eigenvalue weighted by atomic mass is 9.98. The molecule has 1 amide bonds. The molecule has 1 N–H and O–H groups in total. The standard InChI is InChI=1S/C26H23NO2/c28-25(16-22-17-29-24-15-21-13-7-12-20(21)14-23(22)24)27-26(18-8-3-1-4-9-18)19-10-5-2-6-11-19/h1-6,8-11,14-15,17,26H,7,12-13,16H2,(H,27,28). The molecule has 0 saturated carbocycles. The van der Waals surface area contributed by atoms with Crippen LogP contribution in [0, 0.1) is 0 Å². The topological polar surface area (TPSA) is 42.2 Å². The Hall–Kier alpha value is -3.33. The first-order chi connectivity index (χ1) is 14.3. The minimum absolute atomic E-state index is 0.00842. The van der Waals surface area contributed by atoms with Gasteiger partial charge in [0.1, 0.15) is 5.58 Å². The number of aryl methyl sites for hydroxylation is 2. The van der Waals surface area contributed by atoms with E-state index >= 15 is 0 Å². The van der Waals surface area contributed by atoms with Crippen LogP contribution < -0.4 is 5.32 Å². The van der Waals surface area contributed by atoms with Gasteiger partial charge < -0.3 is 9.73 Å². The van der Waals surface area contributed by atoms with E-state index in [-0.39, 0.29) is 11.9 Å². The maximum atomic E-state index is 13.0. The van der Waals surface area contributed by atoms with Crippen molar-refractivity contribution in [3.8, 4) is 0 Å². The van der Waals surface area contributed by atoms with Gasteiger partial charge >= 0.3 is 0 Å². The number of nitrogens with one attached hydrogen (secondary N) is 1. The lowest BCUT2D eigenvalue weighted by molar-refractivity contribution is -0.120. The molecule has 0 bridgehead atoms. The van der Waals surface area contributed by atoms with Crippen LogP contribution in [0.15, 0.2) is 83.5 Å². The van der Waals surface area contributed by atoms with E-state index in [0.29, 0.717) is 6.42 Å². The van der Waals surface area contributed by atoms with Crippen molar-refractivity contribution in [1.82, 2.24) is 5.32 Å². The van der Waals surface area contributed by atoms with Crippen LogP contribution in [0.1, 0.15) is 40.3 Å². The Balaban J connectivity index is 1.41. The van der Waals surface area contributed by atoms with Gasteiger partial charge in [0, 0.05) is 10.9 Å². The fourth-order valence-electron chi connectivity index (χ4n) is 4.32. The Morgan fingerprint density at radius 2 is 1.52 bits per heavy atom. The SMILES string of the molecule is O=C(Cc1coc2cc3c(cc12)CCC3)NC(c1ccccc1)c1ccccc1. The van der Waals surface area contributed by atoms with Gasteiger partial charge in [-0.05, 0) is 53.6 Å². The fourth-order valence-corrected chi connectivity index (χ4v) is 4.32. The largest absolute Gasteiger partial charge is 0.464 e. The third kappa shape index (κ3) is 3.56. The number of benzene rings is 3. The van der Waals surface area contributed by atoms with Crippen LogP contribution in [0.25, 0.3) is 11.0 Å². The molecule has 0 saturated heterocycles. The van der Waals surface area contributed by atoms with Crippen molar-refractivity contribution < 1.29 is 9.21 Å². The van der Waals surface area contributed by atoms with Crippen molar-refractivity contribution in [2.75, 3.05) is 0 Å². The van der Waals surface area contributed by atoms with Gasteiger partial charge in [0.2, 0.25) is 5.91 Å². The van der Waals surface area contributed by atoms with Gasteiger partial charge in [0.05, 0.1) is 18.7 Å². The van der Waals surface area contributed by atoms with Crippen LogP contribution >= 0.6 is 0 Å². The molecular formula is C26H23NO2. The number of furan rings is 1.